The van der Waals surface area contributed by atoms with E-state index in [4.69, 9.17) is 4.74 Å². The minimum Gasteiger partial charge on any atom is -0.375 e. The highest BCUT2D eigenvalue weighted by Gasteiger charge is 2.28. The zero-order chi connectivity index (χ0) is 15.8. The maximum absolute atomic E-state index is 12.6. The standard InChI is InChI=1S/C20H19NO2/c1-21-17-10-6-5-9-16(17)20-15(12-23-13-18(20)21)11-19(22)14-7-3-2-4-8-14/h2-10,15H,11-13H2,1H3. The molecule has 0 spiro atoms. The zero-order valence-electron chi connectivity index (χ0n) is 13.2. The topological polar surface area (TPSA) is 31.2 Å². The lowest BCUT2D eigenvalue weighted by Crippen LogP contribution is -2.20. The molecule has 4 rings (SSSR count). The number of nitrogens with zero attached hydrogens (tertiary/aromatic N) is 1. The van der Waals surface area contributed by atoms with Gasteiger partial charge >= 0.3 is 0 Å². The fraction of sp³-hybridized carbons (Fsp3) is 0.250. The van der Waals surface area contributed by atoms with Gasteiger partial charge in [-0.25, -0.2) is 0 Å². The van der Waals surface area contributed by atoms with Crippen LogP contribution >= 0.6 is 0 Å². The Kier molecular flexibility index (Phi) is 3.50. The third-order valence-electron chi connectivity index (χ3n) is 4.76. The van der Waals surface area contributed by atoms with Crippen LogP contribution in [0.25, 0.3) is 10.9 Å². The average Bonchev–Trinajstić information content (AvgIpc) is 2.90. The summed E-state index contributed by atoms with van der Waals surface area (Å²) in [4.78, 5) is 12.6. The molecule has 1 unspecified atom stereocenters. The second kappa shape index (κ2) is 5.67. The number of hydrogen-bond acceptors (Lipinski definition) is 2. The Morgan fingerprint density at radius 3 is 2.70 bits per heavy atom. The minimum absolute atomic E-state index is 0.123. The normalized spacial score (nSPS) is 17.2. The number of ketones is 1. The van der Waals surface area contributed by atoms with Crippen LogP contribution in [0.15, 0.2) is 54.6 Å². The van der Waals surface area contributed by atoms with E-state index < -0.39 is 0 Å². The molecule has 2 aromatic carbocycles. The van der Waals surface area contributed by atoms with Gasteiger partial charge in [0.1, 0.15) is 0 Å². The van der Waals surface area contributed by atoms with Crippen molar-refractivity contribution in [1.82, 2.24) is 4.57 Å². The van der Waals surface area contributed by atoms with E-state index in [0.29, 0.717) is 19.6 Å². The van der Waals surface area contributed by atoms with Crippen LogP contribution in [0.4, 0.5) is 0 Å². The maximum Gasteiger partial charge on any atom is 0.163 e. The van der Waals surface area contributed by atoms with Crippen molar-refractivity contribution >= 4 is 16.7 Å². The number of aromatic nitrogens is 1. The van der Waals surface area contributed by atoms with Gasteiger partial charge in [0.25, 0.3) is 0 Å². The van der Waals surface area contributed by atoms with Gasteiger partial charge in [0, 0.05) is 41.5 Å². The number of carbonyl (C=O) groups excluding carboxylic acids is 1. The molecule has 3 heteroatoms. The van der Waals surface area contributed by atoms with Gasteiger partial charge in [-0.2, -0.15) is 0 Å². The molecule has 0 bridgehead atoms. The van der Waals surface area contributed by atoms with E-state index in [2.05, 4.69) is 35.9 Å². The van der Waals surface area contributed by atoms with Crippen molar-refractivity contribution in [1.29, 1.82) is 0 Å². The lowest BCUT2D eigenvalue weighted by molar-refractivity contribution is 0.0764. The smallest absolute Gasteiger partial charge is 0.163 e. The number of carbonyl (C=O) groups is 1. The third-order valence-corrected chi connectivity index (χ3v) is 4.76. The first-order valence-corrected chi connectivity index (χ1v) is 7.98. The highest BCUT2D eigenvalue weighted by molar-refractivity contribution is 5.97. The monoisotopic (exact) mass is 305 g/mol. The Labute approximate surface area is 135 Å². The summed E-state index contributed by atoms with van der Waals surface area (Å²) in [5, 5.41) is 1.25. The number of fused-ring (bicyclic) bond motifs is 3. The van der Waals surface area contributed by atoms with Gasteiger partial charge in [0.2, 0.25) is 0 Å². The summed E-state index contributed by atoms with van der Waals surface area (Å²) in [5.41, 5.74) is 4.47. The number of rotatable bonds is 3. The van der Waals surface area contributed by atoms with Gasteiger partial charge in [-0.3, -0.25) is 4.79 Å². The first kappa shape index (κ1) is 14.2. The number of Topliss-reactive ketones (excluding diaryl/α,β-unsaturated/α-hetero) is 1. The SMILES string of the molecule is Cn1c2c(c3ccccc31)C(CC(=O)c1ccccc1)COC2. The van der Waals surface area contributed by atoms with Gasteiger partial charge in [0.15, 0.2) is 5.78 Å². The minimum atomic E-state index is 0.123. The zero-order valence-corrected chi connectivity index (χ0v) is 13.2. The molecule has 116 valence electrons. The highest BCUT2D eigenvalue weighted by atomic mass is 16.5. The first-order valence-electron chi connectivity index (χ1n) is 7.98. The van der Waals surface area contributed by atoms with Crippen LogP contribution in [-0.2, 0) is 18.4 Å². The molecule has 1 aromatic heterocycles. The molecule has 0 amide bonds. The molecule has 1 atom stereocenters. The predicted molar refractivity (Wildman–Crippen MR) is 90.7 cm³/mol. The molecule has 1 aliphatic heterocycles. The number of hydrogen-bond donors (Lipinski definition) is 0. The fourth-order valence-corrected chi connectivity index (χ4v) is 3.61. The lowest BCUT2D eigenvalue weighted by atomic mass is 9.89. The van der Waals surface area contributed by atoms with E-state index >= 15 is 0 Å². The second-order valence-corrected chi connectivity index (χ2v) is 6.14. The molecule has 1 aliphatic rings. The fourth-order valence-electron chi connectivity index (χ4n) is 3.61. The summed E-state index contributed by atoms with van der Waals surface area (Å²) in [5.74, 6) is 0.303. The van der Waals surface area contributed by atoms with Crippen LogP contribution in [0, 0.1) is 0 Å². The second-order valence-electron chi connectivity index (χ2n) is 6.14. The molecule has 0 aliphatic carbocycles. The van der Waals surface area contributed by atoms with Crippen molar-refractivity contribution in [2.24, 2.45) is 7.05 Å². The van der Waals surface area contributed by atoms with Gasteiger partial charge in [0.05, 0.1) is 13.2 Å². The largest absolute Gasteiger partial charge is 0.375 e. The first-order chi connectivity index (χ1) is 11.3. The molecule has 0 fully saturated rings. The molecule has 0 saturated carbocycles. The molecular formula is C20H19NO2. The summed E-state index contributed by atoms with van der Waals surface area (Å²) in [7, 11) is 2.08. The quantitative estimate of drug-likeness (QED) is 0.683. The predicted octanol–water partition coefficient (Wildman–Crippen LogP) is 4.07. The van der Waals surface area contributed by atoms with Crippen LogP contribution in [-0.4, -0.2) is 17.0 Å². The Balaban J connectivity index is 1.73. The number of aryl methyl sites for hydroxylation is 1. The van der Waals surface area contributed by atoms with Crippen molar-refractivity contribution in [2.75, 3.05) is 6.61 Å². The van der Waals surface area contributed by atoms with Gasteiger partial charge in [-0.1, -0.05) is 48.5 Å². The lowest BCUT2D eigenvalue weighted by Gasteiger charge is -2.24. The van der Waals surface area contributed by atoms with Gasteiger partial charge in [-0.05, 0) is 11.6 Å². The summed E-state index contributed by atoms with van der Waals surface area (Å²) in [6, 6.07) is 17.9. The molecule has 3 nitrogen and oxygen atoms in total. The molecule has 0 N–H and O–H groups in total. The molecule has 0 saturated heterocycles. The van der Waals surface area contributed by atoms with Crippen molar-refractivity contribution in [2.45, 2.75) is 18.9 Å². The van der Waals surface area contributed by atoms with Crippen LogP contribution < -0.4 is 0 Å². The Hall–Kier alpha value is -2.39. The van der Waals surface area contributed by atoms with E-state index in [9.17, 15) is 4.79 Å². The summed E-state index contributed by atoms with van der Waals surface area (Å²) in [6.45, 7) is 1.23. The molecule has 23 heavy (non-hydrogen) atoms. The van der Waals surface area contributed by atoms with Crippen LogP contribution in [0.2, 0.25) is 0 Å². The molecular weight excluding hydrogens is 286 g/mol. The van der Waals surface area contributed by atoms with Crippen molar-refractivity contribution in [3.05, 3.63) is 71.4 Å². The van der Waals surface area contributed by atoms with E-state index in [1.165, 1.54) is 22.2 Å². The molecule has 3 aromatic rings. The summed E-state index contributed by atoms with van der Waals surface area (Å²) < 4.78 is 7.98. The number of ether oxygens (including phenoxy) is 1. The van der Waals surface area contributed by atoms with E-state index in [1.54, 1.807) is 0 Å². The van der Waals surface area contributed by atoms with Crippen LogP contribution in [0.5, 0.6) is 0 Å². The van der Waals surface area contributed by atoms with Crippen molar-refractivity contribution in [3.8, 4) is 0 Å². The molecule has 0 radical (unpaired) electrons. The Bertz CT molecular complexity index is 864. The third kappa shape index (κ3) is 2.37. The Morgan fingerprint density at radius 1 is 1.13 bits per heavy atom. The van der Waals surface area contributed by atoms with Gasteiger partial charge < -0.3 is 9.30 Å². The number of para-hydroxylation sites is 1. The maximum atomic E-state index is 12.6. The van der Waals surface area contributed by atoms with Crippen molar-refractivity contribution in [3.63, 3.8) is 0 Å². The summed E-state index contributed by atoms with van der Waals surface area (Å²) >= 11 is 0. The van der Waals surface area contributed by atoms with Crippen LogP contribution in [0.3, 0.4) is 0 Å². The van der Waals surface area contributed by atoms with E-state index in [1.807, 2.05) is 30.3 Å². The van der Waals surface area contributed by atoms with E-state index in [0.717, 1.165) is 5.56 Å². The number of benzene rings is 2. The molecule has 2 heterocycles. The van der Waals surface area contributed by atoms with Crippen LogP contribution in [0.1, 0.15) is 34.0 Å². The van der Waals surface area contributed by atoms with E-state index in [-0.39, 0.29) is 11.7 Å². The van der Waals surface area contributed by atoms with Crippen molar-refractivity contribution < 1.29 is 9.53 Å². The Morgan fingerprint density at radius 2 is 1.87 bits per heavy atom. The highest BCUT2D eigenvalue weighted by Crippen LogP contribution is 2.37. The average molecular weight is 305 g/mol. The summed E-state index contributed by atoms with van der Waals surface area (Å²) in [6.07, 6.45) is 0.491. The van der Waals surface area contributed by atoms with Gasteiger partial charge in [-0.15, -0.1) is 0 Å².